The number of carbonyl (C=O) groups is 3. The molecule has 0 amide bonds. The summed E-state index contributed by atoms with van der Waals surface area (Å²) in [5.74, 6) is -0.187. The van der Waals surface area contributed by atoms with Gasteiger partial charge in [0.25, 0.3) is 0 Å². The van der Waals surface area contributed by atoms with Gasteiger partial charge in [-0.15, -0.1) is 0 Å². The molecule has 0 bridgehead atoms. The first-order valence-electron chi connectivity index (χ1n) is 6.02. The first-order chi connectivity index (χ1) is 9.38. The van der Waals surface area contributed by atoms with Gasteiger partial charge in [-0.25, -0.2) is 0 Å². The molecule has 0 fully saturated rings. The summed E-state index contributed by atoms with van der Waals surface area (Å²) in [5.41, 5.74) is 0. The SMILES string of the molecule is CC(=O)/C=C(/C)O.CC(=O)/C=C(/C)O.CC(=O)/C=C(\C)O.O.[Tb]. The summed E-state index contributed by atoms with van der Waals surface area (Å²) in [6, 6.07) is 0. The Bertz CT molecular complexity index is 370. The van der Waals surface area contributed by atoms with E-state index >= 15 is 0 Å². The fourth-order valence-corrected chi connectivity index (χ4v) is 0.882. The van der Waals surface area contributed by atoms with Gasteiger partial charge in [0.15, 0.2) is 17.3 Å². The number of ketones is 3. The van der Waals surface area contributed by atoms with E-state index in [2.05, 4.69) is 0 Å². The van der Waals surface area contributed by atoms with Crippen molar-refractivity contribution >= 4 is 17.3 Å². The molecule has 0 saturated carbocycles. The molecule has 137 valence electrons. The predicted molar refractivity (Wildman–Crippen MR) is 84.8 cm³/mol. The van der Waals surface area contributed by atoms with E-state index < -0.39 is 0 Å². The van der Waals surface area contributed by atoms with Gasteiger partial charge in [-0.05, 0) is 41.5 Å². The van der Waals surface area contributed by atoms with E-state index in [9.17, 15) is 14.4 Å². The zero-order chi connectivity index (χ0) is 17.6. The normalized spacial score (nSPS) is 10.4. The van der Waals surface area contributed by atoms with Crippen LogP contribution in [0.25, 0.3) is 0 Å². The molecule has 7 nitrogen and oxygen atoms in total. The molecule has 0 aliphatic rings. The van der Waals surface area contributed by atoms with E-state index in [0.29, 0.717) is 0 Å². The largest absolute Gasteiger partial charge is 0.512 e. The van der Waals surface area contributed by atoms with Crippen molar-refractivity contribution in [2.75, 3.05) is 0 Å². The van der Waals surface area contributed by atoms with Gasteiger partial charge in [0.2, 0.25) is 0 Å². The van der Waals surface area contributed by atoms with Crippen molar-refractivity contribution in [3.05, 3.63) is 35.5 Å². The minimum atomic E-state index is -0.125. The Morgan fingerprint density at radius 3 is 0.696 bits per heavy atom. The quantitative estimate of drug-likeness (QED) is 0.421. The monoisotopic (exact) mass is 477 g/mol. The molecule has 0 atom stereocenters. The number of allylic oxidation sites excluding steroid dienone is 6. The van der Waals surface area contributed by atoms with Crippen molar-refractivity contribution in [2.45, 2.75) is 41.5 Å². The van der Waals surface area contributed by atoms with Crippen LogP contribution in [0, 0.1) is 38.6 Å². The van der Waals surface area contributed by atoms with Crippen molar-refractivity contribution in [1.29, 1.82) is 0 Å². The summed E-state index contributed by atoms with van der Waals surface area (Å²) in [7, 11) is 0. The third-order valence-corrected chi connectivity index (χ3v) is 1.24. The topological polar surface area (TPSA) is 143 Å². The Balaban J connectivity index is -0.0000000675. The summed E-state index contributed by atoms with van der Waals surface area (Å²) in [6.07, 6.45) is 3.50. The average Bonchev–Trinajstić information content (AvgIpc) is 2.10. The molecule has 23 heavy (non-hydrogen) atoms. The molecule has 0 spiro atoms. The smallest absolute Gasteiger partial charge is 0.155 e. The van der Waals surface area contributed by atoms with Gasteiger partial charge in [-0.2, -0.15) is 0 Å². The number of hydrogen-bond donors (Lipinski definition) is 3. The van der Waals surface area contributed by atoms with Crippen molar-refractivity contribution < 1.29 is 73.8 Å². The standard InChI is InChI=1S/3C5H8O2.H2O.Tb/c3*1-4(6)3-5(2)7;;/h3*3,6H,1-2H3;1H2;/b4-3+;2*4-3-;;. The minimum absolute atomic E-state index is 0. The molecule has 8 heteroatoms. The number of carbonyl (C=O) groups excluding carboxylic acids is 3. The van der Waals surface area contributed by atoms with Crippen molar-refractivity contribution in [3.63, 3.8) is 0 Å². The molecule has 0 aliphatic carbocycles. The first-order valence-corrected chi connectivity index (χ1v) is 6.02. The second-order valence-electron chi connectivity index (χ2n) is 4.19. The Labute approximate surface area is 167 Å². The van der Waals surface area contributed by atoms with Crippen LogP contribution >= 0.6 is 0 Å². The minimum Gasteiger partial charge on any atom is -0.512 e. The maximum Gasteiger partial charge on any atom is 0.155 e. The molecule has 0 aliphatic heterocycles. The Kier molecular flexibility index (Phi) is 30.4. The molecule has 1 radical (unpaired) electrons. The fraction of sp³-hybridized carbons (Fsp3) is 0.400. The zero-order valence-electron chi connectivity index (χ0n) is 14.1. The molecule has 0 rings (SSSR count). The maximum absolute atomic E-state index is 10.0. The second-order valence-corrected chi connectivity index (χ2v) is 4.19. The van der Waals surface area contributed by atoms with Crippen LogP contribution in [0.1, 0.15) is 41.5 Å². The number of aliphatic hydroxyl groups excluding tert-OH is 3. The van der Waals surface area contributed by atoms with Crippen LogP contribution in [0.4, 0.5) is 0 Å². The zero-order valence-corrected chi connectivity index (χ0v) is 16.3. The summed E-state index contributed by atoms with van der Waals surface area (Å²) in [6.45, 7) is 8.54. The molecular formula is C15H26O7Tb. The van der Waals surface area contributed by atoms with Crippen molar-refractivity contribution in [1.82, 2.24) is 0 Å². The van der Waals surface area contributed by atoms with Crippen LogP contribution in [-0.4, -0.2) is 38.1 Å². The van der Waals surface area contributed by atoms with E-state index in [0.717, 1.165) is 0 Å². The van der Waals surface area contributed by atoms with Gasteiger partial charge in [0.05, 0.1) is 17.3 Å². The molecule has 0 aromatic heterocycles. The number of aliphatic hydroxyl groups is 3. The number of hydrogen-bond acceptors (Lipinski definition) is 6. The Hall–Kier alpha value is -1.12. The van der Waals surface area contributed by atoms with Crippen LogP contribution < -0.4 is 0 Å². The van der Waals surface area contributed by atoms with Gasteiger partial charge in [0, 0.05) is 56.8 Å². The number of rotatable bonds is 3. The molecule has 0 heterocycles. The molecule has 0 unspecified atom stereocenters. The van der Waals surface area contributed by atoms with Gasteiger partial charge >= 0.3 is 0 Å². The van der Waals surface area contributed by atoms with Crippen LogP contribution in [0.3, 0.4) is 0 Å². The van der Waals surface area contributed by atoms with E-state index in [-0.39, 0.29) is 78.7 Å². The van der Waals surface area contributed by atoms with Gasteiger partial charge < -0.3 is 20.8 Å². The van der Waals surface area contributed by atoms with Crippen LogP contribution in [0.15, 0.2) is 35.5 Å². The van der Waals surface area contributed by atoms with E-state index in [1.165, 1.54) is 59.8 Å². The van der Waals surface area contributed by atoms with Crippen molar-refractivity contribution in [2.24, 2.45) is 0 Å². The molecular weight excluding hydrogens is 451 g/mol. The third kappa shape index (κ3) is 62.9. The molecule has 0 aromatic carbocycles. The van der Waals surface area contributed by atoms with Crippen LogP contribution in [0.2, 0.25) is 0 Å². The molecule has 0 saturated heterocycles. The van der Waals surface area contributed by atoms with E-state index in [1.807, 2.05) is 0 Å². The van der Waals surface area contributed by atoms with E-state index in [4.69, 9.17) is 15.3 Å². The molecule has 5 N–H and O–H groups in total. The third-order valence-electron chi connectivity index (χ3n) is 1.24. The Morgan fingerprint density at radius 2 is 0.696 bits per heavy atom. The second kappa shape index (κ2) is 20.9. The first kappa shape index (κ1) is 33.5. The average molecular weight is 477 g/mol. The van der Waals surface area contributed by atoms with Gasteiger partial charge in [-0.3, -0.25) is 14.4 Å². The summed E-state index contributed by atoms with van der Waals surface area (Å²) in [4.78, 5) is 30.1. The fourth-order valence-electron chi connectivity index (χ4n) is 0.882. The summed E-state index contributed by atoms with van der Waals surface area (Å²) >= 11 is 0. The van der Waals surface area contributed by atoms with Crippen LogP contribution in [0.5, 0.6) is 0 Å². The van der Waals surface area contributed by atoms with Gasteiger partial charge in [0.1, 0.15) is 0 Å². The summed E-state index contributed by atoms with van der Waals surface area (Å²) < 4.78 is 0. The van der Waals surface area contributed by atoms with Crippen molar-refractivity contribution in [3.8, 4) is 0 Å². The predicted octanol–water partition coefficient (Wildman–Crippen LogP) is 2.29. The Morgan fingerprint density at radius 1 is 0.565 bits per heavy atom. The van der Waals surface area contributed by atoms with Gasteiger partial charge in [-0.1, -0.05) is 0 Å². The summed E-state index contributed by atoms with van der Waals surface area (Å²) in [5, 5.41) is 25.1. The van der Waals surface area contributed by atoms with Crippen LogP contribution in [-0.2, 0) is 14.4 Å². The molecule has 0 aromatic rings. The van der Waals surface area contributed by atoms with E-state index in [1.54, 1.807) is 0 Å². The maximum atomic E-state index is 10.0.